The molecule has 2 aromatic carbocycles. The monoisotopic (exact) mass is 765 g/mol. The van der Waals surface area contributed by atoms with E-state index < -0.39 is 44.9 Å². The predicted octanol–water partition coefficient (Wildman–Crippen LogP) is 4.18. The average Bonchev–Trinajstić information content (AvgIpc) is 3.38. The summed E-state index contributed by atoms with van der Waals surface area (Å²) < 4.78 is 15.1. The minimum atomic E-state index is -2.38. The molecule has 0 amide bonds. The molecule has 0 aliphatic heterocycles. The normalized spacial score (nSPS) is 18.0. The quantitative estimate of drug-likeness (QED) is 0.285. The largest absolute Gasteiger partial charge is 1.00 e. The molecular weight excluding hydrogens is 711 g/mol. The van der Waals surface area contributed by atoms with Crippen LogP contribution in [0.4, 0.5) is 0 Å². The van der Waals surface area contributed by atoms with E-state index in [1.54, 1.807) is 22.3 Å². The summed E-state index contributed by atoms with van der Waals surface area (Å²) in [7, 11) is -2.61. The van der Waals surface area contributed by atoms with Gasteiger partial charge in [0.25, 0.3) is 0 Å². The SMILES string of the molecule is CCCC(C)(C)C1=C(O[SiH](C)C)c2ccccc2[CH]1[Zr+2]([CH]1C(C(C)(C)CCC)=C(O[SiH](C)C)c2ccccc21)[SiH](C)C.[Cl-].[Cl-]. The second-order valence-corrected chi connectivity index (χ2v) is 39.5. The smallest absolute Gasteiger partial charge is 1.00 e. The van der Waals surface area contributed by atoms with Crippen molar-refractivity contribution in [2.75, 3.05) is 0 Å². The third-order valence-electron chi connectivity index (χ3n) is 9.35. The molecule has 44 heavy (non-hydrogen) atoms. The van der Waals surface area contributed by atoms with Crippen LogP contribution < -0.4 is 24.8 Å². The Morgan fingerprint density at radius 2 is 0.955 bits per heavy atom. The van der Waals surface area contributed by atoms with E-state index in [1.807, 2.05) is 0 Å². The summed E-state index contributed by atoms with van der Waals surface area (Å²) >= 11 is -2.38. The van der Waals surface area contributed by atoms with Crippen LogP contribution in [0.3, 0.4) is 0 Å². The average molecular weight is 768 g/mol. The molecule has 0 radical (unpaired) electrons. The first kappa shape index (κ1) is 39.8. The Morgan fingerprint density at radius 1 is 0.614 bits per heavy atom. The van der Waals surface area contributed by atoms with Gasteiger partial charge in [0.1, 0.15) is 0 Å². The van der Waals surface area contributed by atoms with Crippen LogP contribution in [-0.2, 0) is 29.8 Å². The van der Waals surface area contributed by atoms with Crippen molar-refractivity contribution < 1.29 is 54.6 Å². The Morgan fingerprint density at radius 3 is 1.25 bits per heavy atom. The number of benzene rings is 2. The Balaban J connectivity index is 0.00000337. The van der Waals surface area contributed by atoms with Gasteiger partial charge in [-0.3, -0.25) is 0 Å². The maximum Gasteiger partial charge on any atom is -1.00 e. The molecule has 0 aromatic heterocycles. The summed E-state index contributed by atoms with van der Waals surface area (Å²) in [5.74, 6) is 1.50. The van der Waals surface area contributed by atoms with Crippen LogP contribution in [-0.4, -0.2) is 24.0 Å². The zero-order chi connectivity index (χ0) is 31.0. The molecule has 4 rings (SSSR count). The van der Waals surface area contributed by atoms with E-state index in [-0.39, 0.29) is 35.6 Å². The molecule has 0 N–H and O–H groups in total. The van der Waals surface area contributed by atoms with E-state index in [1.165, 1.54) is 48.3 Å². The predicted molar refractivity (Wildman–Crippen MR) is 188 cm³/mol. The maximum atomic E-state index is 7.02. The van der Waals surface area contributed by atoms with Gasteiger partial charge >= 0.3 is 272 Å². The zero-order valence-electron chi connectivity index (χ0n) is 29.4. The number of hydrogen-bond acceptors (Lipinski definition) is 2. The molecule has 2 aromatic rings. The maximum absolute atomic E-state index is 7.02. The molecule has 8 heteroatoms. The number of halogens is 2. The Hall–Kier alpha value is -0.366. The van der Waals surface area contributed by atoms with Crippen molar-refractivity contribution >= 4 is 35.5 Å². The summed E-state index contributed by atoms with van der Waals surface area (Å²) in [5.41, 5.74) is 9.55. The molecule has 0 spiro atoms. The molecule has 0 fully saturated rings. The van der Waals surface area contributed by atoms with Gasteiger partial charge in [-0.2, -0.15) is 0 Å². The summed E-state index contributed by atoms with van der Waals surface area (Å²) in [5, 5.41) is 0. The molecule has 2 nitrogen and oxygen atoms in total. The Kier molecular flexibility index (Phi) is 14.6. The van der Waals surface area contributed by atoms with Crippen molar-refractivity contribution in [3.05, 3.63) is 81.9 Å². The third kappa shape index (κ3) is 7.84. The van der Waals surface area contributed by atoms with Crippen LogP contribution in [0.5, 0.6) is 0 Å². The van der Waals surface area contributed by atoms with E-state index in [4.69, 9.17) is 8.85 Å². The van der Waals surface area contributed by atoms with Gasteiger partial charge in [0.05, 0.1) is 0 Å². The molecule has 2 atom stereocenters. The molecule has 0 bridgehead atoms. The van der Waals surface area contributed by atoms with Crippen molar-refractivity contribution in [2.45, 2.75) is 114 Å². The fraction of sp³-hybridized carbons (Fsp3) is 0.556. The van der Waals surface area contributed by atoms with Crippen LogP contribution in [0.1, 0.15) is 96.7 Å². The van der Waals surface area contributed by atoms with E-state index in [2.05, 4.69) is 129 Å². The second-order valence-electron chi connectivity index (χ2n) is 14.8. The minimum absolute atomic E-state index is 0. The van der Waals surface area contributed by atoms with Crippen LogP contribution in [0.15, 0.2) is 59.7 Å². The number of hydrogen-bond donors (Lipinski definition) is 0. The van der Waals surface area contributed by atoms with Crippen molar-refractivity contribution in [2.24, 2.45) is 10.8 Å². The summed E-state index contributed by atoms with van der Waals surface area (Å²) in [6.45, 7) is 29.6. The molecule has 0 saturated carbocycles. The van der Waals surface area contributed by atoms with Gasteiger partial charge in [-0.25, -0.2) is 0 Å². The van der Waals surface area contributed by atoms with E-state index in [9.17, 15) is 0 Å². The van der Waals surface area contributed by atoms with Gasteiger partial charge < -0.3 is 24.8 Å². The fourth-order valence-electron chi connectivity index (χ4n) is 7.94. The van der Waals surface area contributed by atoms with Crippen LogP contribution >= 0.6 is 0 Å². The molecule has 2 unspecified atom stereocenters. The van der Waals surface area contributed by atoms with Crippen LogP contribution in [0.25, 0.3) is 11.5 Å². The van der Waals surface area contributed by atoms with E-state index in [0.717, 1.165) is 0 Å². The topological polar surface area (TPSA) is 18.5 Å². The number of allylic oxidation sites excluding steroid dienone is 2. The van der Waals surface area contributed by atoms with Gasteiger partial charge in [-0.05, 0) is 0 Å². The third-order valence-corrected chi connectivity index (χ3v) is 32.1. The Bertz CT molecular complexity index is 1240. The number of fused-ring (bicyclic) bond motifs is 2. The van der Waals surface area contributed by atoms with Crippen molar-refractivity contribution in [1.82, 2.24) is 0 Å². The first-order chi connectivity index (χ1) is 19.8. The Labute approximate surface area is 294 Å². The van der Waals surface area contributed by atoms with E-state index >= 15 is 0 Å². The van der Waals surface area contributed by atoms with Gasteiger partial charge in [-0.15, -0.1) is 0 Å². The minimum Gasteiger partial charge on any atom is -1.00 e. The molecule has 2 aliphatic rings. The number of rotatable bonds is 13. The molecule has 0 saturated heterocycles. The molecule has 0 heterocycles. The standard InChI is InChI=1S/2C17H25OSi.C2H7Si.2ClH.Zr/c2*1-6-11-17(2,3)15-12-13-9-7-8-10-14(13)16(15)18-19(4)5;1-3-2;;;/h2*7-10,12,19H,6,11H2,1-5H3;3H,1-2H3;2*1H;/q;;;;;+2/p-2. The van der Waals surface area contributed by atoms with Crippen LogP contribution in [0, 0.1) is 10.8 Å². The second kappa shape index (κ2) is 16.2. The van der Waals surface area contributed by atoms with Crippen molar-refractivity contribution in [3.8, 4) is 0 Å². The van der Waals surface area contributed by atoms with Crippen molar-refractivity contribution in [1.29, 1.82) is 0 Å². The molecular formula is C36H57Cl2O2Si3Zr. The van der Waals surface area contributed by atoms with Gasteiger partial charge in [-0.1, -0.05) is 0 Å². The molecule has 243 valence electrons. The van der Waals surface area contributed by atoms with Crippen LogP contribution in [0.2, 0.25) is 39.3 Å². The summed E-state index contributed by atoms with van der Waals surface area (Å²) in [6, 6.07) is 18.8. The van der Waals surface area contributed by atoms with Gasteiger partial charge in [0.2, 0.25) is 0 Å². The zero-order valence-corrected chi connectivity index (χ0v) is 36.8. The summed E-state index contributed by atoms with van der Waals surface area (Å²) in [6.07, 6.45) is 4.80. The first-order valence-corrected chi connectivity index (χ1v) is 32.2. The first-order valence-electron chi connectivity index (χ1n) is 16.6. The molecule has 2 aliphatic carbocycles. The van der Waals surface area contributed by atoms with E-state index in [0.29, 0.717) is 7.25 Å². The summed E-state index contributed by atoms with van der Waals surface area (Å²) in [4.78, 5) is 0. The fourth-order valence-corrected chi connectivity index (χ4v) is 32.7. The van der Waals surface area contributed by atoms with Gasteiger partial charge in [0.15, 0.2) is 0 Å². The van der Waals surface area contributed by atoms with Gasteiger partial charge in [0, 0.05) is 0 Å². The van der Waals surface area contributed by atoms with Crippen molar-refractivity contribution in [3.63, 3.8) is 0 Å².